The van der Waals surface area contributed by atoms with Crippen LogP contribution in [-0.2, 0) is 0 Å². The number of benzene rings is 2. The van der Waals surface area contributed by atoms with Gasteiger partial charge in [0.15, 0.2) is 10.9 Å². The standard InChI is InChI=1S/C14H10BrFN2OS/c15-9-3-6-12(18-14(17)20)11(7-9)13(19)8-1-4-10(16)5-2-8/h1-7H,(H3,17,18,20). The number of nitrogens with two attached hydrogens (primary N) is 1. The SMILES string of the molecule is NC(=S)Nc1ccc(Br)cc1C(=O)c1ccc(F)cc1. The molecule has 0 radical (unpaired) electrons. The fourth-order valence-corrected chi connectivity index (χ4v) is 2.17. The van der Waals surface area contributed by atoms with Gasteiger partial charge in [0.25, 0.3) is 0 Å². The molecule has 6 heteroatoms. The highest BCUT2D eigenvalue weighted by Crippen LogP contribution is 2.24. The van der Waals surface area contributed by atoms with Gasteiger partial charge >= 0.3 is 0 Å². The molecule has 0 heterocycles. The largest absolute Gasteiger partial charge is 0.376 e. The van der Waals surface area contributed by atoms with Gasteiger partial charge in [0.1, 0.15) is 5.82 Å². The van der Waals surface area contributed by atoms with E-state index in [1.165, 1.54) is 24.3 Å². The first kappa shape index (κ1) is 14.6. The second-order valence-electron chi connectivity index (χ2n) is 4.02. The van der Waals surface area contributed by atoms with Crippen LogP contribution in [0.15, 0.2) is 46.9 Å². The summed E-state index contributed by atoms with van der Waals surface area (Å²) in [5.74, 6) is -0.637. The maximum Gasteiger partial charge on any atom is 0.195 e. The summed E-state index contributed by atoms with van der Waals surface area (Å²) in [5.41, 5.74) is 6.73. The van der Waals surface area contributed by atoms with Crippen molar-refractivity contribution < 1.29 is 9.18 Å². The molecule has 0 aromatic heterocycles. The molecular formula is C14H10BrFN2OS. The van der Waals surface area contributed by atoms with E-state index in [-0.39, 0.29) is 10.9 Å². The average Bonchev–Trinajstić information content (AvgIpc) is 2.40. The molecule has 0 aliphatic heterocycles. The van der Waals surface area contributed by atoms with Crippen molar-refractivity contribution >= 4 is 44.7 Å². The van der Waals surface area contributed by atoms with Gasteiger partial charge in [-0.25, -0.2) is 4.39 Å². The summed E-state index contributed by atoms with van der Waals surface area (Å²) in [4.78, 5) is 12.4. The lowest BCUT2D eigenvalue weighted by molar-refractivity contribution is 0.103. The van der Waals surface area contributed by atoms with Crippen molar-refractivity contribution in [2.24, 2.45) is 5.73 Å². The summed E-state index contributed by atoms with van der Waals surface area (Å²) in [5, 5.41) is 2.83. The van der Waals surface area contributed by atoms with Gasteiger partial charge in [-0.3, -0.25) is 4.79 Å². The van der Waals surface area contributed by atoms with E-state index in [2.05, 4.69) is 21.2 Å². The Balaban J connectivity index is 2.44. The Morgan fingerprint density at radius 3 is 2.45 bits per heavy atom. The third-order valence-corrected chi connectivity index (χ3v) is 3.19. The van der Waals surface area contributed by atoms with Gasteiger partial charge in [0.05, 0.1) is 5.69 Å². The maximum atomic E-state index is 12.9. The van der Waals surface area contributed by atoms with Crippen LogP contribution >= 0.6 is 28.1 Å². The topological polar surface area (TPSA) is 55.1 Å². The number of anilines is 1. The van der Waals surface area contributed by atoms with Crippen molar-refractivity contribution in [3.63, 3.8) is 0 Å². The summed E-state index contributed by atoms with van der Waals surface area (Å²) in [7, 11) is 0. The molecule has 2 aromatic carbocycles. The Morgan fingerprint density at radius 1 is 1.20 bits per heavy atom. The van der Waals surface area contributed by atoms with Crippen LogP contribution < -0.4 is 11.1 Å². The van der Waals surface area contributed by atoms with Crippen molar-refractivity contribution in [1.82, 2.24) is 0 Å². The van der Waals surface area contributed by atoms with Crippen molar-refractivity contribution in [3.8, 4) is 0 Å². The number of hydrogen-bond donors (Lipinski definition) is 2. The first-order valence-electron chi connectivity index (χ1n) is 5.63. The summed E-state index contributed by atoms with van der Waals surface area (Å²) >= 11 is 8.10. The van der Waals surface area contributed by atoms with Gasteiger partial charge < -0.3 is 11.1 Å². The van der Waals surface area contributed by atoms with Crippen molar-refractivity contribution in [2.75, 3.05) is 5.32 Å². The average molecular weight is 353 g/mol. The van der Waals surface area contributed by atoms with E-state index >= 15 is 0 Å². The van der Waals surface area contributed by atoms with Crippen LogP contribution in [0.5, 0.6) is 0 Å². The highest BCUT2D eigenvalue weighted by molar-refractivity contribution is 9.10. The molecule has 2 aromatic rings. The second-order valence-corrected chi connectivity index (χ2v) is 5.37. The minimum Gasteiger partial charge on any atom is -0.376 e. The van der Waals surface area contributed by atoms with E-state index in [0.717, 1.165) is 4.47 Å². The fraction of sp³-hybridized carbons (Fsp3) is 0. The molecule has 2 rings (SSSR count). The summed E-state index contributed by atoms with van der Waals surface area (Å²) < 4.78 is 13.6. The van der Waals surface area contributed by atoms with Crippen LogP contribution in [0.4, 0.5) is 10.1 Å². The first-order valence-corrected chi connectivity index (χ1v) is 6.84. The number of hydrogen-bond acceptors (Lipinski definition) is 2. The fourth-order valence-electron chi connectivity index (χ4n) is 1.70. The van der Waals surface area contributed by atoms with Gasteiger partial charge in [-0.05, 0) is 54.7 Å². The number of ketones is 1. The predicted octanol–water partition coefficient (Wildman–Crippen LogP) is 3.47. The lowest BCUT2D eigenvalue weighted by atomic mass is 10.0. The second kappa shape index (κ2) is 6.11. The smallest absolute Gasteiger partial charge is 0.195 e. The minimum absolute atomic E-state index is 0.0699. The van der Waals surface area contributed by atoms with E-state index in [1.54, 1.807) is 18.2 Å². The zero-order chi connectivity index (χ0) is 14.7. The molecule has 0 saturated heterocycles. The number of halogens is 2. The molecule has 0 aliphatic carbocycles. The molecule has 3 N–H and O–H groups in total. The maximum absolute atomic E-state index is 12.9. The Bertz CT molecular complexity index is 673. The molecule has 20 heavy (non-hydrogen) atoms. The molecular weight excluding hydrogens is 343 g/mol. The van der Waals surface area contributed by atoms with E-state index in [4.69, 9.17) is 18.0 Å². The summed E-state index contributed by atoms with van der Waals surface area (Å²) in [6, 6.07) is 10.5. The van der Waals surface area contributed by atoms with Crippen molar-refractivity contribution in [2.45, 2.75) is 0 Å². The molecule has 0 atom stereocenters. The Kier molecular flexibility index (Phi) is 4.46. The summed E-state index contributed by atoms with van der Waals surface area (Å²) in [6.45, 7) is 0. The van der Waals surface area contributed by atoms with Crippen LogP contribution in [0, 0.1) is 5.82 Å². The van der Waals surface area contributed by atoms with Gasteiger partial charge in [-0.2, -0.15) is 0 Å². The van der Waals surface area contributed by atoms with Crippen LogP contribution in [0.25, 0.3) is 0 Å². The molecule has 0 amide bonds. The molecule has 102 valence electrons. The van der Waals surface area contributed by atoms with Crippen LogP contribution in [0.3, 0.4) is 0 Å². The Labute approximate surface area is 129 Å². The highest BCUT2D eigenvalue weighted by Gasteiger charge is 2.14. The third-order valence-electron chi connectivity index (χ3n) is 2.59. The molecule has 3 nitrogen and oxygen atoms in total. The molecule has 0 saturated carbocycles. The number of carbonyl (C=O) groups excluding carboxylic acids is 1. The van der Waals surface area contributed by atoms with Crippen molar-refractivity contribution in [1.29, 1.82) is 0 Å². The van der Waals surface area contributed by atoms with Crippen LogP contribution in [-0.4, -0.2) is 10.9 Å². The van der Waals surface area contributed by atoms with E-state index < -0.39 is 5.82 Å². The van der Waals surface area contributed by atoms with Gasteiger partial charge in [-0.1, -0.05) is 15.9 Å². The molecule has 0 fully saturated rings. The zero-order valence-electron chi connectivity index (χ0n) is 10.2. The normalized spacial score (nSPS) is 10.1. The summed E-state index contributed by atoms with van der Waals surface area (Å²) in [6.07, 6.45) is 0. The zero-order valence-corrected chi connectivity index (χ0v) is 12.6. The Hall–Kier alpha value is -1.79. The number of carbonyl (C=O) groups is 1. The Morgan fingerprint density at radius 2 is 1.85 bits per heavy atom. The minimum atomic E-state index is -0.391. The van der Waals surface area contributed by atoms with Gasteiger partial charge in [-0.15, -0.1) is 0 Å². The van der Waals surface area contributed by atoms with Gasteiger partial charge in [0, 0.05) is 15.6 Å². The third kappa shape index (κ3) is 3.40. The quantitative estimate of drug-likeness (QED) is 0.655. The van der Waals surface area contributed by atoms with Crippen molar-refractivity contribution in [3.05, 3.63) is 63.9 Å². The molecule has 0 bridgehead atoms. The molecule has 0 spiro atoms. The number of rotatable bonds is 3. The molecule has 0 unspecified atom stereocenters. The number of nitrogens with one attached hydrogen (secondary N) is 1. The van der Waals surface area contributed by atoms with E-state index in [1.807, 2.05) is 0 Å². The lowest BCUT2D eigenvalue weighted by Gasteiger charge is -2.10. The first-order chi connectivity index (χ1) is 9.47. The van der Waals surface area contributed by atoms with Crippen LogP contribution in [0.2, 0.25) is 0 Å². The highest BCUT2D eigenvalue weighted by atomic mass is 79.9. The van der Waals surface area contributed by atoms with Crippen LogP contribution in [0.1, 0.15) is 15.9 Å². The van der Waals surface area contributed by atoms with E-state index in [0.29, 0.717) is 16.8 Å². The molecule has 0 aliphatic rings. The predicted molar refractivity (Wildman–Crippen MR) is 84.4 cm³/mol. The lowest BCUT2D eigenvalue weighted by Crippen LogP contribution is -2.20. The monoisotopic (exact) mass is 352 g/mol. The van der Waals surface area contributed by atoms with Gasteiger partial charge in [0.2, 0.25) is 0 Å². The van der Waals surface area contributed by atoms with E-state index in [9.17, 15) is 9.18 Å². The number of thiocarbonyl (C=S) groups is 1.